The Morgan fingerprint density at radius 2 is 2.10 bits per heavy atom. The highest BCUT2D eigenvalue weighted by atomic mass is 16.5. The van der Waals surface area contributed by atoms with Crippen molar-refractivity contribution in [3.05, 3.63) is 23.8 Å². The second-order valence-corrected chi connectivity index (χ2v) is 5.46. The lowest BCUT2D eigenvalue weighted by Crippen LogP contribution is -2.50. The minimum atomic E-state index is -0.599. The van der Waals surface area contributed by atoms with Crippen molar-refractivity contribution >= 4 is 11.7 Å². The molecule has 0 radical (unpaired) electrons. The first-order valence-corrected chi connectivity index (χ1v) is 7.37. The predicted molar refractivity (Wildman–Crippen MR) is 84.9 cm³/mol. The second kappa shape index (κ2) is 7.88. The summed E-state index contributed by atoms with van der Waals surface area (Å²) in [5, 5.41) is 15.1. The molecule has 0 saturated carbocycles. The molecule has 21 heavy (non-hydrogen) atoms. The summed E-state index contributed by atoms with van der Waals surface area (Å²) in [6.45, 7) is 8.22. The molecule has 0 saturated heterocycles. The normalized spacial score (nSPS) is 13.4. The topological polar surface area (TPSA) is 70.6 Å². The number of amides is 2. The van der Waals surface area contributed by atoms with Crippen molar-refractivity contribution < 1.29 is 14.6 Å². The van der Waals surface area contributed by atoms with Gasteiger partial charge in [-0.1, -0.05) is 13.3 Å². The molecule has 0 fully saturated rings. The van der Waals surface area contributed by atoms with E-state index in [0.29, 0.717) is 6.61 Å². The highest BCUT2D eigenvalue weighted by Crippen LogP contribution is 2.21. The molecule has 1 aromatic rings. The van der Waals surface area contributed by atoms with Crippen LogP contribution >= 0.6 is 0 Å². The van der Waals surface area contributed by atoms with E-state index < -0.39 is 5.54 Å². The van der Waals surface area contributed by atoms with Gasteiger partial charge in [0.2, 0.25) is 0 Å². The zero-order chi connectivity index (χ0) is 15.9. The average molecular weight is 294 g/mol. The molecule has 1 aromatic carbocycles. The molecule has 1 rings (SSSR count). The third-order valence-electron chi connectivity index (χ3n) is 3.32. The minimum Gasteiger partial charge on any atom is -0.494 e. The fraction of sp³-hybridized carbons (Fsp3) is 0.562. The lowest BCUT2D eigenvalue weighted by atomic mass is 9.98. The molecule has 5 heteroatoms. The second-order valence-electron chi connectivity index (χ2n) is 5.46. The number of aliphatic hydroxyl groups excluding tert-OH is 1. The average Bonchev–Trinajstić information content (AvgIpc) is 2.42. The zero-order valence-electron chi connectivity index (χ0n) is 13.3. The third-order valence-corrected chi connectivity index (χ3v) is 3.32. The van der Waals surface area contributed by atoms with Crippen molar-refractivity contribution in [3.63, 3.8) is 0 Å². The Morgan fingerprint density at radius 3 is 2.62 bits per heavy atom. The molecular weight excluding hydrogens is 268 g/mol. The molecule has 0 aliphatic rings. The van der Waals surface area contributed by atoms with Gasteiger partial charge in [-0.25, -0.2) is 4.79 Å². The van der Waals surface area contributed by atoms with Crippen molar-refractivity contribution in [2.45, 2.75) is 46.1 Å². The van der Waals surface area contributed by atoms with Gasteiger partial charge in [0.15, 0.2) is 0 Å². The van der Waals surface area contributed by atoms with E-state index in [9.17, 15) is 9.90 Å². The third kappa shape index (κ3) is 5.27. The Kier molecular flexibility index (Phi) is 6.49. The fourth-order valence-corrected chi connectivity index (χ4v) is 2.19. The van der Waals surface area contributed by atoms with Gasteiger partial charge < -0.3 is 20.5 Å². The maximum Gasteiger partial charge on any atom is 0.319 e. The van der Waals surface area contributed by atoms with Gasteiger partial charge in [0.25, 0.3) is 0 Å². The smallest absolute Gasteiger partial charge is 0.319 e. The van der Waals surface area contributed by atoms with Crippen LogP contribution in [-0.2, 0) is 0 Å². The van der Waals surface area contributed by atoms with Crippen molar-refractivity contribution in [1.29, 1.82) is 0 Å². The molecule has 0 aliphatic heterocycles. The largest absolute Gasteiger partial charge is 0.494 e. The van der Waals surface area contributed by atoms with Crippen LogP contribution in [0.5, 0.6) is 5.75 Å². The number of carbonyl (C=O) groups excluding carboxylic acids is 1. The van der Waals surface area contributed by atoms with Crippen LogP contribution in [0.25, 0.3) is 0 Å². The van der Waals surface area contributed by atoms with Gasteiger partial charge in [-0.2, -0.15) is 0 Å². The van der Waals surface area contributed by atoms with Crippen LogP contribution in [0.15, 0.2) is 18.2 Å². The van der Waals surface area contributed by atoms with Crippen LogP contribution in [0.3, 0.4) is 0 Å². The molecule has 0 aliphatic carbocycles. The van der Waals surface area contributed by atoms with Gasteiger partial charge in [0.05, 0.1) is 18.8 Å². The standard InChI is InChI=1S/C16H26N2O3/c1-5-9-16(4,11-19)18-15(20)17-14-8-7-13(21-6-2)10-12(14)3/h7-8,10,19H,5-6,9,11H2,1-4H3,(H2,17,18,20). The van der Waals surface area contributed by atoms with Gasteiger partial charge in [-0.05, 0) is 51.0 Å². The summed E-state index contributed by atoms with van der Waals surface area (Å²) >= 11 is 0. The molecule has 0 heterocycles. The molecule has 1 atom stereocenters. The van der Waals surface area contributed by atoms with Crippen LogP contribution < -0.4 is 15.4 Å². The molecule has 3 N–H and O–H groups in total. The number of hydrogen-bond acceptors (Lipinski definition) is 3. The number of aliphatic hydroxyl groups is 1. The number of anilines is 1. The Bertz CT molecular complexity index is 477. The number of aryl methyl sites for hydroxylation is 1. The van der Waals surface area contributed by atoms with Gasteiger partial charge >= 0.3 is 6.03 Å². The van der Waals surface area contributed by atoms with Crippen LogP contribution in [-0.4, -0.2) is 29.9 Å². The maximum atomic E-state index is 12.1. The molecule has 118 valence electrons. The van der Waals surface area contributed by atoms with E-state index >= 15 is 0 Å². The number of carbonyl (C=O) groups is 1. The van der Waals surface area contributed by atoms with Gasteiger partial charge in [0, 0.05) is 5.69 Å². The minimum absolute atomic E-state index is 0.0868. The Labute approximate surface area is 126 Å². The van der Waals surface area contributed by atoms with E-state index in [-0.39, 0.29) is 12.6 Å². The highest BCUT2D eigenvalue weighted by molar-refractivity contribution is 5.90. The predicted octanol–water partition coefficient (Wildman–Crippen LogP) is 3.07. The lowest BCUT2D eigenvalue weighted by Gasteiger charge is -2.28. The summed E-state index contributed by atoms with van der Waals surface area (Å²) in [6, 6.07) is 5.21. The summed E-state index contributed by atoms with van der Waals surface area (Å²) in [4.78, 5) is 12.1. The number of benzene rings is 1. The van der Waals surface area contributed by atoms with Crippen molar-refractivity contribution in [1.82, 2.24) is 5.32 Å². The molecular formula is C16H26N2O3. The van der Waals surface area contributed by atoms with Gasteiger partial charge in [0.1, 0.15) is 5.75 Å². The number of nitrogens with one attached hydrogen (secondary N) is 2. The molecule has 1 unspecified atom stereocenters. The van der Waals surface area contributed by atoms with E-state index in [1.54, 1.807) is 0 Å². The lowest BCUT2D eigenvalue weighted by molar-refractivity contribution is 0.167. The van der Waals surface area contributed by atoms with Crippen LogP contribution in [0.1, 0.15) is 39.2 Å². The Morgan fingerprint density at radius 1 is 1.38 bits per heavy atom. The summed E-state index contributed by atoms with van der Waals surface area (Å²) in [6.07, 6.45) is 1.61. The fourth-order valence-electron chi connectivity index (χ4n) is 2.19. The number of urea groups is 1. The number of rotatable bonds is 7. The monoisotopic (exact) mass is 294 g/mol. The van der Waals surface area contributed by atoms with Crippen LogP contribution in [0, 0.1) is 6.92 Å². The van der Waals surface area contributed by atoms with Gasteiger partial charge in [-0.15, -0.1) is 0 Å². The summed E-state index contributed by atoms with van der Waals surface area (Å²) < 4.78 is 5.42. The first-order valence-electron chi connectivity index (χ1n) is 7.37. The number of ether oxygens (including phenoxy) is 1. The maximum absolute atomic E-state index is 12.1. The van der Waals surface area contributed by atoms with E-state index in [2.05, 4.69) is 10.6 Å². The Hall–Kier alpha value is -1.75. The molecule has 0 aromatic heterocycles. The van der Waals surface area contributed by atoms with Crippen molar-refractivity contribution in [2.75, 3.05) is 18.5 Å². The van der Waals surface area contributed by atoms with E-state index in [0.717, 1.165) is 29.8 Å². The van der Waals surface area contributed by atoms with Crippen LogP contribution in [0.4, 0.5) is 10.5 Å². The van der Waals surface area contributed by atoms with E-state index in [4.69, 9.17) is 4.74 Å². The van der Waals surface area contributed by atoms with Crippen molar-refractivity contribution in [2.24, 2.45) is 0 Å². The first kappa shape index (κ1) is 17.3. The molecule has 0 bridgehead atoms. The molecule has 0 spiro atoms. The SMILES string of the molecule is CCCC(C)(CO)NC(=O)Nc1ccc(OCC)cc1C. The Balaban J connectivity index is 2.70. The highest BCUT2D eigenvalue weighted by Gasteiger charge is 2.24. The van der Waals surface area contributed by atoms with Crippen molar-refractivity contribution in [3.8, 4) is 5.75 Å². The summed E-state index contributed by atoms with van der Waals surface area (Å²) in [5.74, 6) is 0.784. The van der Waals surface area contributed by atoms with Crippen LogP contribution in [0.2, 0.25) is 0 Å². The van der Waals surface area contributed by atoms with Gasteiger partial charge in [-0.3, -0.25) is 0 Å². The molecule has 2 amide bonds. The summed E-state index contributed by atoms with van der Waals surface area (Å²) in [7, 11) is 0. The zero-order valence-corrected chi connectivity index (χ0v) is 13.3. The summed E-state index contributed by atoms with van der Waals surface area (Å²) in [5.41, 5.74) is 1.06. The quantitative estimate of drug-likeness (QED) is 0.724. The molecule has 5 nitrogen and oxygen atoms in total. The van der Waals surface area contributed by atoms with E-state index in [1.165, 1.54) is 0 Å². The van der Waals surface area contributed by atoms with E-state index in [1.807, 2.05) is 45.9 Å². The number of hydrogen-bond donors (Lipinski definition) is 3. The first-order chi connectivity index (χ1) is 9.94.